The Morgan fingerprint density at radius 1 is 1.00 bits per heavy atom. The minimum absolute atomic E-state index is 0.125. The monoisotopic (exact) mass is 623 g/mol. The summed E-state index contributed by atoms with van der Waals surface area (Å²) in [6.07, 6.45) is 3.14. The van der Waals surface area contributed by atoms with Crippen LogP contribution in [0.3, 0.4) is 0 Å². The number of hydrogen-bond acceptors (Lipinski definition) is 8. The number of Topliss-reactive ketones (excluding diaryl/α,β-unsaturated/α-hetero) is 1. The van der Waals surface area contributed by atoms with Crippen molar-refractivity contribution in [3.8, 4) is 5.88 Å². The first-order valence-corrected chi connectivity index (χ1v) is 16.3. The van der Waals surface area contributed by atoms with Gasteiger partial charge in [0, 0.05) is 49.8 Å². The average Bonchev–Trinajstić information content (AvgIpc) is 3.81. The summed E-state index contributed by atoms with van der Waals surface area (Å²) in [4.78, 5) is 38.9. The molecule has 2 unspecified atom stereocenters. The van der Waals surface area contributed by atoms with E-state index in [2.05, 4.69) is 21.3 Å². The highest BCUT2D eigenvalue weighted by Crippen LogP contribution is 2.33. The highest BCUT2D eigenvalue weighted by atomic mass is 16.5. The molecule has 3 aliphatic rings. The van der Waals surface area contributed by atoms with E-state index in [1.165, 1.54) is 0 Å². The topological polar surface area (TPSA) is 110 Å². The van der Waals surface area contributed by atoms with Gasteiger partial charge in [-0.15, -0.1) is 0 Å². The summed E-state index contributed by atoms with van der Waals surface area (Å²) in [5.74, 6) is 1.94. The van der Waals surface area contributed by atoms with Crippen LogP contribution in [0.1, 0.15) is 69.4 Å². The standard InChI is InChI=1S/C36H41N5O5/c1-22-15-26(35(42)25-7-8-25)9-10-27(22)21-46-33-6-4-5-31(37-33)40-13-12-39(24(3)18-40)20-32-38-34-23(2)16-28(36(43)44)17-30(34)41(32)19-29-11-14-45-29/h4-6,9-10,15-17,24-25,29H,7-8,11-14,18-21H2,1-3H3,(H,43,44). The number of hydrogen-bond donors (Lipinski definition) is 1. The molecule has 2 saturated heterocycles. The number of carbonyl (C=O) groups is 2. The first-order valence-electron chi connectivity index (χ1n) is 16.3. The molecule has 0 amide bonds. The molecule has 1 saturated carbocycles. The SMILES string of the molecule is Cc1cc(C(=O)C2CC2)ccc1COc1cccc(N2CCN(Cc3nc4c(C)cc(C(=O)O)cc4n3CC3CCO3)C(C)C2)n1. The van der Waals surface area contributed by atoms with Gasteiger partial charge in [-0.3, -0.25) is 9.69 Å². The van der Waals surface area contributed by atoms with Crippen LogP contribution in [-0.2, 0) is 24.4 Å². The fourth-order valence-electron chi connectivity index (χ4n) is 6.54. The van der Waals surface area contributed by atoms with Gasteiger partial charge in [-0.05, 0) is 81.0 Å². The van der Waals surface area contributed by atoms with Crippen molar-refractivity contribution in [2.24, 2.45) is 5.92 Å². The lowest BCUT2D eigenvalue weighted by atomic mass is 10.0. The number of carboxylic acid groups (broad SMARTS) is 1. The Morgan fingerprint density at radius 3 is 2.50 bits per heavy atom. The molecule has 2 aliphatic heterocycles. The molecule has 7 rings (SSSR count). The Morgan fingerprint density at radius 2 is 1.80 bits per heavy atom. The number of aromatic nitrogens is 3. The van der Waals surface area contributed by atoms with Gasteiger partial charge in [0.1, 0.15) is 18.2 Å². The van der Waals surface area contributed by atoms with Crippen LogP contribution in [0.2, 0.25) is 0 Å². The largest absolute Gasteiger partial charge is 0.478 e. The van der Waals surface area contributed by atoms with Crippen molar-refractivity contribution in [3.63, 3.8) is 0 Å². The number of pyridine rings is 1. The van der Waals surface area contributed by atoms with E-state index in [0.717, 1.165) is 90.4 Å². The van der Waals surface area contributed by atoms with E-state index < -0.39 is 5.97 Å². The number of fused-ring (bicyclic) bond motifs is 1. The van der Waals surface area contributed by atoms with Crippen molar-refractivity contribution in [2.45, 2.75) is 71.9 Å². The third kappa shape index (κ3) is 6.24. The number of ketones is 1. The van der Waals surface area contributed by atoms with Gasteiger partial charge in [0.05, 0.1) is 35.8 Å². The summed E-state index contributed by atoms with van der Waals surface area (Å²) in [5.41, 5.74) is 5.75. The van der Waals surface area contributed by atoms with E-state index in [1.807, 2.05) is 50.2 Å². The number of aryl methyl sites for hydroxylation is 2. The Hall–Kier alpha value is -4.28. The summed E-state index contributed by atoms with van der Waals surface area (Å²) in [6, 6.07) is 15.5. The van der Waals surface area contributed by atoms with Crippen LogP contribution in [0.25, 0.3) is 11.0 Å². The maximum atomic E-state index is 12.4. The third-order valence-electron chi connectivity index (χ3n) is 9.64. The summed E-state index contributed by atoms with van der Waals surface area (Å²) >= 11 is 0. The number of benzene rings is 2. The minimum Gasteiger partial charge on any atom is -0.478 e. The first-order chi connectivity index (χ1) is 22.2. The molecule has 46 heavy (non-hydrogen) atoms. The number of carbonyl (C=O) groups excluding carboxylic acids is 1. The second kappa shape index (κ2) is 12.5. The van der Waals surface area contributed by atoms with Crippen molar-refractivity contribution >= 4 is 28.6 Å². The van der Waals surface area contributed by atoms with Crippen LogP contribution < -0.4 is 9.64 Å². The van der Waals surface area contributed by atoms with Crippen LogP contribution in [-0.4, -0.2) is 74.7 Å². The molecule has 2 aromatic heterocycles. The molecule has 3 fully saturated rings. The number of ether oxygens (including phenoxy) is 2. The number of aromatic carboxylic acids is 1. The van der Waals surface area contributed by atoms with Gasteiger partial charge in [0.2, 0.25) is 5.88 Å². The van der Waals surface area contributed by atoms with E-state index in [0.29, 0.717) is 25.6 Å². The Balaban J connectivity index is 1.02. The maximum Gasteiger partial charge on any atom is 0.335 e. The molecule has 2 atom stereocenters. The normalized spacial score (nSPS) is 20.1. The van der Waals surface area contributed by atoms with Gasteiger partial charge in [-0.1, -0.05) is 18.2 Å². The molecular formula is C36H41N5O5. The zero-order chi connectivity index (χ0) is 31.9. The van der Waals surface area contributed by atoms with Crippen LogP contribution in [0.15, 0.2) is 48.5 Å². The maximum absolute atomic E-state index is 12.4. The fourth-order valence-corrected chi connectivity index (χ4v) is 6.54. The van der Waals surface area contributed by atoms with E-state index >= 15 is 0 Å². The van der Waals surface area contributed by atoms with Crippen LogP contribution in [0.5, 0.6) is 5.88 Å². The second-order valence-electron chi connectivity index (χ2n) is 13.1. The number of rotatable bonds is 11. The van der Waals surface area contributed by atoms with Gasteiger partial charge in [0.15, 0.2) is 5.78 Å². The molecule has 4 aromatic rings. The number of carboxylic acids is 1. The van der Waals surface area contributed by atoms with Crippen molar-refractivity contribution in [3.05, 3.63) is 82.2 Å². The lowest BCUT2D eigenvalue weighted by Gasteiger charge is -2.40. The molecule has 4 heterocycles. The molecule has 0 radical (unpaired) electrons. The van der Waals surface area contributed by atoms with Crippen LogP contribution in [0.4, 0.5) is 5.82 Å². The zero-order valence-electron chi connectivity index (χ0n) is 26.7. The summed E-state index contributed by atoms with van der Waals surface area (Å²) in [7, 11) is 0. The quantitative estimate of drug-likeness (QED) is 0.219. The molecular weight excluding hydrogens is 582 g/mol. The van der Waals surface area contributed by atoms with Gasteiger partial charge in [0.25, 0.3) is 0 Å². The summed E-state index contributed by atoms with van der Waals surface area (Å²) < 4.78 is 14.0. The number of nitrogens with zero attached hydrogens (tertiary/aromatic N) is 5. The molecule has 0 bridgehead atoms. The van der Waals surface area contributed by atoms with Gasteiger partial charge < -0.3 is 24.0 Å². The Kier molecular flexibility index (Phi) is 8.25. The highest BCUT2D eigenvalue weighted by molar-refractivity contribution is 5.99. The van der Waals surface area contributed by atoms with Crippen molar-refractivity contribution in [1.29, 1.82) is 0 Å². The molecule has 240 valence electrons. The van der Waals surface area contributed by atoms with E-state index in [4.69, 9.17) is 19.4 Å². The van der Waals surface area contributed by atoms with E-state index in [-0.39, 0.29) is 29.4 Å². The predicted molar refractivity (Wildman–Crippen MR) is 175 cm³/mol. The van der Waals surface area contributed by atoms with Gasteiger partial charge >= 0.3 is 5.97 Å². The van der Waals surface area contributed by atoms with Gasteiger partial charge in [-0.25, -0.2) is 9.78 Å². The lowest BCUT2D eigenvalue weighted by molar-refractivity contribution is -0.0592. The van der Waals surface area contributed by atoms with Crippen molar-refractivity contribution in [2.75, 3.05) is 31.1 Å². The average molecular weight is 624 g/mol. The predicted octanol–water partition coefficient (Wildman–Crippen LogP) is 5.42. The number of piperazine rings is 1. The molecule has 2 aromatic carbocycles. The second-order valence-corrected chi connectivity index (χ2v) is 13.1. The van der Waals surface area contributed by atoms with Crippen LogP contribution in [0, 0.1) is 19.8 Å². The summed E-state index contributed by atoms with van der Waals surface area (Å²) in [6.45, 7) is 11.1. The van der Waals surface area contributed by atoms with Crippen LogP contribution >= 0.6 is 0 Å². The molecule has 0 spiro atoms. The molecule has 1 aliphatic carbocycles. The third-order valence-corrected chi connectivity index (χ3v) is 9.64. The Bertz CT molecular complexity index is 1790. The smallest absolute Gasteiger partial charge is 0.335 e. The van der Waals surface area contributed by atoms with Crippen molar-refractivity contribution < 1.29 is 24.2 Å². The minimum atomic E-state index is -0.933. The highest BCUT2D eigenvalue weighted by Gasteiger charge is 2.31. The van der Waals surface area contributed by atoms with Gasteiger partial charge in [-0.2, -0.15) is 4.98 Å². The number of imidazole rings is 1. The molecule has 1 N–H and O–H groups in total. The molecule has 10 heteroatoms. The molecule has 10 nitrogen and oxygen atoms in total. The van der Waals surface area contributed by atoms with E-state index in [9.17, 15) is 14.7 Å². The van der Waals surface area contributed by atoms with Crippen molar-refractivity contribution in [1.82, 2.24) is 19.4 Å². The fraction of sp³-hybridized carbons (Fsp3) is 0.444. The van der Waals surface area contributed by atoms with E-state index in [1.54, 1.807) is 12.1 Å². The lowest BCUT2D eigenvalue weighted by Crippen LogP contribution is -2.52. The summed E-state index contributed by atoms with van der Waals surface area (Å²) in [5, 5.41) is 9.68. The number of anilines is 1. The Labute approximate surface area is 269 Å². The zero-order valence-corrected chi connectivity index (χ0v) is 26.7. The first kappa shape index (κ1) is 30.4.